The number of thioether (sulfide) groups is 1. The van der Waals surface area contributed by atoms with Crippen molar-refractivity contribution in [3.8, 4) is 0 Å². The molecule has 0 aromatic heterocycles. The lowest BCUT2D eigenvalue weighted by atomic mass is 9.69. The number of rotatable bonds is 5. The van der Waals surface area contributed by atoms with E-state index in [1.165, 1.54) is 0 Å². The van der Waals surface area contributed by atoms with E-state index in [-0.39, 0.29) is 11.2 Å². The van der Waals surface area contributed by atoms with Crippen LogP contribution in [0.1, 0.15) is 40.0 Å². The monoisotopic (exact) mass is 287 g/mol. The first-order chi connectivity index (χ1) is 8.71. The van der Waals surface area contributed by atoms with E-state index in [1.807, 2.05) is 11.8 Å². The Bertz CT molecular complexity index is 299. The van der Waals surface area contributed by atoms with Gasteiger partial charge in [0.05, 0.1) is 5.92 Å². The maximum Gasteiger partial charge on any atom is 0.307 e. The van der Waals surface area contributed by atoms with Crippen molar-refractivity contribution in [2.24, 2.45) is 17.3 Å². The minimum Gasteiger partial charge on any atom is -0.481 e. The van der Waals surface area contributed by atoms with Gasteiger partial charge in [-0.25, -0.2) is 0 Å². The number of hydrogen-bond donors (Lipinski definition) is 1. The summed E-state index contributed by atoms with van der Waals surface area (Å²) in [4.78, 5) is 13.6. The van der Waals surface area contributed by atoms with Crippen molar-refractivity contribution in [1.82, 2.24) is 4.90 Å². The van der Waals surface area contributed by atoms with Crippen LogP contribution in [0.25, 0.3) is 0 Å². The molecule has 1 rings (SSSR count). The first-order valence-corrected chi connectivity index (χ1v) is 8.26. The molecule has 0 aliphatic heterocycles. The molecule has 112 valence electrons. The van der Waals surface area contributed by atoms with Gasteiger partial charge in [0.1, 0.15) is 0 Å². The van der Waals surface area contributed by atoms with Crippen molar-refractivity contribution in [3.05, 3.63) is 0 Å². The number of carboxylic acids is 1. The zero-order valence-corrected chi connectivity index (χ0v) is 13.8. The summed E-state index contributed by atoms with van der Waals surface area (Å²) in [7, 11) is 4.13. The third kappa shape index (κ3) is 5.35. The van der Waals surface area contributed by atoms with Crippen LogP contribution in [0.4, 0.5) is 0 Å². The van der Waals surface area contributed by atoms with Crippen molar-refractivity contribution in [2.45, 2.75) is 45.3 Å². The molecule has 1 aliphatic rings. The molecule has 0 radical (unpaired) electrons. The van der Waals surface area contributed by atoms with E-state index in [0.29, 0.717) is 11.3 Å². The number of nitrogens with zero attached hydrogens (tertiary/aromatic N) is 1. The van der Waals surface area contributed by atoms with Gasteiger partial charge in [-0.1, -0.05) is 20.8 Å². The predicted molar refractivity (Wildman–Crippen MR) is 82.7 cm³/mol. The third-order valence-corrected chi connectivity index (χ3v) is 5.57. The number of aliphatic carboxylic acids is 1. The second-order valence-corrected chi connectivity index (χ2v) is 8.38. The lowest BCUT2D eigenvalue weighted by Gasteiger charge is -2.40. The highest BCUT2D eigenvalue weighted by atomic mass is 32.2. The fourth-order valence-corrected chi connectivity index (χ4v) is 4.40. The molecule has 1 N–H and O–H groups in total. The summed E-state index contributed by atoms with van der Waals surface area (Å²) in [6.07, 6.45) is 2.96. The average Bonchev–Trinajstić information content (AvgIpc) is 2.26. The summed E-state index contributed by atoms with van der Waals surface area (Å²) in [5.41, 5.74) is 0.295. The highest BCUT2D eigenvalue weighted by molar-refractivity contribution is 7.99. The quantitative estimate of drug-likeness (QED) is 0.843. The molecule has 1 saturated carbocycles. The lowest BCUT2D eigenvalue weighted by molar-refractivity contribution is -0.143. The van der Waals surface area contributed by atoms with E-state index in [2.05, 4.69) is 39.8 Å². The summed E-state index contributed by atoms with van der Waals surface area (Å²) in [5, 5.41) is 9.67. The second kappa shape index (κ2) is 6.98. The Balaban J connectivity index is 2.60. The molecule has 0 saturated heterocycles. The van der Waals surface area contributed by atoms with Crippen LogP contribution in [0.15, 0.2) is 0 Å². The topological polar surface area (TPSA) is 40.5 Å². The van der Waals surface area contributed by atoms with Gasteiger partial charge in [0, 0.05) is 17.5 Å². The van der Waals surface area contributed by atoms with Gasteiger partial charge < -0.3 is 10.0 Å². The predicted octanol–water partition coefficient (Wildman–Crippen LogP) is 3.20. The summed E-state index contributed by atoms with van der Waals surface area (Å²) in [6.45, 7) is 7.86. The maximum absolute atomic E-state index is 11.4. The Labute approximate surface area is 122 Å². The molecular formula is C15H29NO2S. The van der Waals surface area contributed by atoms with Gasteiger partial charge in [-0.3, -0.25) is 4.79 Å². The van der Waals surface area contributed by atoms with Gasteiger partial charge in [-0.05, 0) is 44.7 Å². The fourth-order valence-electron chi connectivity index (χ4n) is 2.77. The van der Waals surface area contributed by atoms with Crippen molar-refractivity contribution >= 4 is 17.7 Å². The third-order valence-electron chi connectivity index (χ3n) is 4.20. The van der Waals surface area contributed by atoms with Gasteiger partial charge in [-0.15, -0.1) is 0 Å². The van der Waals surface area contributed by atoms with Crippen molar-refractivity contribution in [2.75, 3.05) is 26.4 Å². The molecule has 19 heavy (non-hydrogen) atoms. The minimum atomic E-state index is -0.602. The van der Waals surface area contributed by atoms with Gasteiger partial charge in [-0.2, -0.15) is 11.8 Å². The average molecular weight is 287 g/mol. The zero-order chi connectivity index (χ0) is 14.6. The number of carboxylic acid groups (broad SMARTS) is 1. The van der Waals surface area contributed by atoms with Gasteiger partial charge in [0.15, 0.2) is 0 Å². The second-order valence-electron chi connectivity index (χ2n) is 7.03. The molecule has 0 aromatic rings. The highest BCUT2D eigenvalue weighted by Gasteiger charge is 2.39. The Morgan fingerprint density at radius 1 is 1.32 bits per heavy atom. The summed E-state index contributed by atoms with van der Waals surface area (Å²) in [6, 6.07) is 0. The Morgan fingerprint density at radius 2 is 1.95 bits per heavy atom. The molecule has 0 spiro atoms. The molecule has 0 bridgehead atoms. The highest BCUT2D eigenvalue weighted by Crippen LogP contribution is 2.44. The molecule has 1 aliphatic carbocycles. The molecule has 1 fully saturated rings. The molecular weight excluding hydrogens is 258 g/mol. The largest absolute Gasteiger partial charge is 0.481 e. The van der Waals surface area contributed by atoms with Crippen LogP contribution in [-0.2, 0) is 4.79 Å². The standard InChI is InChI=1S/C15H29NO2S/c1-15(2,3)11-6-7-12(14(17)18)13(10-11)19-9-8-16(4)5/h11-13H,6-10H2,1-5H3,(H,17,18). The molecule has 3 nitrogen and oxygen atoms in total. The SMILES string of the molecule is CN(C)CCSC1CC(C(C)(C)C)CCC1C(=O)O. The molecule has 3 atom stereocenters. The summed E-state index contributed by atoms with van der Waals surface area (Å²) in [5.74, 6) is 0.929. The fraction of sp³-hybridized carbons (Fsp3) is 0.933. The molecule has 4 heteroatoms. The van der Waals surface area contributed by atoms with E-state index in [0.717, 1.165) is 31.6 Å². The van der Waals surface area contributed by atoms with E-state index in [9.17, 15) is 9.90 Å². The molecule has 0 heterocycles. The van der Waals surface area contributed by atoms with Crippen LogP contribution in [-0.4, -0.2) is 47.6 Å². The van der Waals surface area contributed by atoms with Crippen molar-refractivity contribution in [1.29, 1.82) is 0 Å². The Hall–Kier alpha value is -0.220. The number of hydrogen-bond acceptors (Lipinski definition) is 3. The van der Waals surface area contributed by atoms with Gasteiger partial charge in [0.25, 0.3) is 0 Å². The van der Waals surface area contributed by atoms with Crippen molar-refractivity contribution < 1.29 is 9.90 Å². The Morgan fingerprint density at radius 3 is 2.42 bits per heavy atom. The van der Waals surface area contributed by atoms with Gasteiger partial charge in [0.2, 0.25) is 0 Å². The molecule has 0 amide bonds. The normalized spacial score (nSPS) is 28.6. The van der Waals surface area contributed by atoms with Crippen molar-refractivity contribution in [3.63, 3.8) is 0 Å². The molecule has 3 unspecified atom stereocenters. The first kappa shape index (κ1) is 16.8. The van der Waals surface area contributed by atoms with E-state index in [1.54, 1.807) is 0 Å². The smallest absolute Gasteiger partial charge is 0.307 e. The van der Waals surface area contributed by atoms with Crippen LogP contribution in [0.2, 0.25) is 0 Å². The van der Waals surface area contributed by atoms with Crippen LogP contribution >= 0.6 is 11.8 Å². The zero-order valence-electron chi connectivity index (χ0n) is 13.0. The van der Waals surface area contributed by atoms with Crippen LogP contribution in [0.3, 0.4) is 0 Å². The summed E-state index contributed by atoms with van der Waals surface area (Å²) >= 11 is 1.86. The van der Waals surface area contributed by atoms with Crippen LogP contribution in [0, 0.1) is 17.3 Å². The summed E-state index contributed by atoms with van der Waals surface area (Å²) < 4.78 is 0. The minimum absolute atomic E-state index is 0.147. The number of carbonyl (C=O) groups is 1. The van der Waals surface area contributed by atoms with E-state index < -0.39 is 5.97 Å². The maximum atomic E-state index is 11.4. The van der Waals surface area contributed by atoms with E-state index >= 15 is 0 Å². The van der Waals surface area contributed by atoms with E-state index in [4.69, 9.17) is 0 Å². The first-order valence-electron chi connectivity index (χ1n) is 7.21. The van der Waals surface area contributed by atoms with Crippen LogP contribution < -0.4 is 0 Å². The lowest BCUT2D eigenvalue weighted by Crippen LogP contribution is -2.37. The Kier molecular flexibility index (Phi) is 6.18. The van der Waals surface area contributed by atoms with Gasteiger partial charge >= 0.3 is 5.97 Å². The van der Waals surface area contributed by atoms with Crippen LogP contribution in [0.5, 0.6) is 0 Å². The molecule has 0 aromatic carbocycles.